The van der Waals surface area contributed by atoms with Crippen LogP contribution >= 0.6 is 0 Å². The van der Waals surface area contributed by atoms with E-state index >= 15 is 0 Å². The van der Waals surface area contributed by atoms with E-state index in [0.717, 1.165) is 116 Å². The molecule has 0 saturated carbocycles. The highest BCUT2D eigenvalue weighted by Crippen LogP contribution is 2.47. The van der Waals surface area contributed by atoms with E-state index in [1.165, 1.54) is 0 Å². The molecule has 0 amide bonds. The maximum Gasteiger partial charge on any atom is 0.164 e. The number of benzene rings is 10. The second-order valence-electron chi connectivity index (χ2n) is 17.3. The van der Waals surface area contributed by atoms with Crippen molar-refractivity contribution in [2.45, 2.75) is 0 Å². The van der Waals surface area contributed by atoms with Crippen LogP contribution in [0, 0.1) is 0 Å². The van der Waals surface area contributed by atoms with Crippen LogP contribution in [0.5, 0.6) is 0 Å². The number of para-hydroxylation sites is 2. The third kappa shape index (κ3) is 7.30. The van der Waals surface area contributed by atoms with Crippen LogP contribution in [0.4, 0.5) is 0 Å². The monoisotopic (exact) mass is 880 g/mol. The lowest BCUT2D eigenvalue weighted by Crippen LogP contribution is -2.00. The van der Waals surface area contributed by atoms with Crippen LogP contribution in [0.15, 0.2) is 247 Å². The van der Waals surface area contributed by atoms with Gasteiger partial charge >= 0.3 is 0 Å². The van der Waals surface area contributed by atoms with Gasteiger partial charge in [0.1, 0.15) is 11.2 Å². The second-order valence-corrected chi connectivity index (χ2v) is 17.3. The quantitative estimate of drug-likeness (QED) is 0.142. The van der Waals surface area contributed by atoms with Crippen LogP contribution in [0.25, 0.3) is 134 Å². The predicted octanol–water partition coefficient (Wildman–Crippen LogP) is 16.8. The van der Waals surface area contributed by atoms with Crippen molar-refractivity contribution in [3.8, 4) is 89.9 Å². The number of fused-ring (bicyclic) bond motifs is 6. The Kier molecular flexibility index (Phi) is 9.76. The van der Waals surface area contributed by atoms with E-state index in [0.29, 0.717) is 17.5 Å². The van der Waals surface area contributed by atoms with Crippen molar-refractivity contribution in [1.29, 1.82) is 0 Å². The lowest BCUT2D eigenvalue weighted by Gasteiger charge is -2.16. The van der Waals surface area contributed by atoms with Crippen molar-refractivity contribution in [3.05, 3.63) is 243 Å². The Hall–Kier alpha value is -9.32. The number of rotatable bonds is 8. The highest BCUT2D eigenvalue weighted by molar-refractivity contribution is 6.27. The summed E-state index contributed by atoms with van der Waals surface area (Å²) in [7, 11) is 0. The first-order chi connectivity index (χ1) is 34.2. The van der Waals surface area contributed by atoms with Gasteiger partial charge in [0.2, 0.25) is 0 Å². The molecule has 10 aromatic carbocycles. The first kappa shape index (κ1) is 40.0. The van der Waals surface area contributed by atoms with E-state index in [-0.39, 0.29) is 0 Å². The van der Waals surface area contributed by atoms with E-state index in [4.69, 9.17) is 24.4 Å². The Morgan fingerprint density at radius 1 is 0.246 bits per heavy atom. The standard InChI is InChI=1S/C64H40N4O/c1-4-17-41(18-5-1)47-24-15-27-50(38-47)63-66-62(67-64(68-63)51-28-16-25-48(39-51)42-19-6-2-7-20-42)45-35-33-43(34-36-45)46-23-14-26-49(37-46)58-59-52-29-10-12-31-55(52)65-61(44-21-8-3-9-22-44)54(59)40-57-60(58)53-30-11-13-32-56(53)69-57/h1-40H. The Labute approximate surface area is 398 Å². The van der Waals surface area contributed by atoms with Crippen molar-refractivity contribution in [2.75, 3.05) is 0 Å². The second kappa shape index (κ2) is 16.8. The van der Waals surface area contributed by atoms with Crippen molar-refractivity contribution >= 4 is 43.6 Å². The maximum atomic E-state index is 6.68. The summed E-state index contributed by atoms with van der Waals surface area (Å²) >= 11 is 0. The molecule has 5 nitrogen and oxygen atoms in total. The van der Waals surface area contributed by atoms with Crippen molar-refractivity contribution in [3.63, 3.8) is 0 Å². The van der Waals surface area contributed by atoms with Gasteiger partial charge < -0.3 is 4.42 Å². The summed E-state index contributed by atoms with van der Waals surface area (Å²) in [5.41, 5.74) is 16.2. The molecule has 69 heavy (non-hydrogen) atoms. The zero-order chi connectivity index (χ0) is 45.7. The summed E-state index contributed by atoms with van der Waals surface area (Å²) in [6, 6.07) is 84.6. The van der Waals surface area contributed by atoms with Crippen LogP contribution in [0.3, 0.4) is 0 Å². The Morgan fingerprint density at radius 2 is 0.681 bits per heavy atom. The summed E-state index contributed by atoms with van der Waals surface area (Å²) in [6.45, 7) is 0. The smallest absolute Gasteiger partial charge is 0.164 e. The van der Waals surface area contributed by atoms with Crippen LogP contribution in [-0.2, 0) is 0 Å². The van der Waals surface area contributed by atoms with Crippen LogP contribution in [0.2, 0.25) is 0 Å². The minimum absolute atomic E-state index is 0.602. The Balaban J connectivity index is 0.949. The Morgan fingerprint density at radius 3 is 1.29 bits per heavy atom. The maximum absolute atomic E-state index is 6.68. The minimum Gasteiger partial charge on any atom is -0.456 e. The molecule has 0 unspecified atom stereocenters. The molecule has 0 aliphatic heterocycles. The number of aromatic nitrogens is 4. The van der Waals surface area contributed by atoms with E-state index in [2.05, 4.69) is 218 Å². The molecule has 0 fully saturated rings. The third-order valence-corrected chi connectivity index (χ3v) is 13.1. The lowest BCUT2D eigenvalue weighted by atomic mass is 9.88. The fourth-order valence-electron chi connectivity index (χ4n) is 9.79. The van der Waals surface area contributed by atoms with E-state index in [9.17, 15) is 0 Å². The molecular formula is C64H40N4O. The molecule has 0 spiro atoms. The molecule has 0 N–H and O–H groups in total. The Bertz CT molecular complexity index is 3950. The van der Waals surface area contributed by atoms with Gasteiger partial charge in [-0.1, -0.05) is 206 Å². The highest BCUT2D eigenvalue weighted by Gasteiger charge is 2.22. The van der Waals surface area contributed by atoms with Crippen LogP contribution in [0.1, 0.15) is 0 Å². The van der Waals surface area contributed by atoms with E-state index in [1.54, 1.807) is 0 Å². The molecule has 13 rings (SSSR count). The first-order valence-corrected chi connectivity index (χ1v) is 23.2. The molecule has 3 aromatic heterocycles. The van der Waals surface area contributed by atoms with Crippen molar-refractivity contribution < 1.29 is 4.42 Å². The summed E-state index contributed by atoms with van der Waals surface area (Å²) in [5, 5.41) is 5.46. The van der Waals surface area contributed by atoms with E-state index < -0.39 is 0 Å². The molecule has 0 radical (unpaired) electrons. The molecule has 0 aliphatic carbocycles. The third-order valence-electron chi connectivity index (χ3n) is 13.1. The molecule has 0 aliphatic rings. The largest absolute Gasteiger partial charge is 0.456 e. The number of hydrogen-bond acceptors (Lipinski definition) is 5. The van der Waals surface area contributed by atoms with Gasteiger partial charge in [0.25, 0.3) is 0 Å². The molecule has 0 atom stereocenters. The fourth-order valence-corrected chi connectivity index (χ4v) is 9.79. The number of furan rings is 1. The molecule has 13 aromatic rings. The molecule has 0 bridgehead atoms. The molecular weight excluding hydrogens is 841 g/mol. The van der Waals surface area contributed by atoms with Gasteiger partial charge in [-0.05, 0) is 75.3 Å². The van der Waals surface area contributed by atoms with E-state index in [1.807, 2.05) is 24.3 Å². The first-order valence-electron chi connectivity index (χ1n) is 23.2. The number of nitrogens with zero attached hydrogens (tertiary/aromatic N) is 4. The topological polar surface area (TPSA) is 64.7 Å². The summed E-state index contributed by atoms with van der Waals surface area (Å²) in [6.07, 6.45) is 0. The number of hydrogen-bond donors (Lipinski definition) is 0. The van der Waals surface area contributed by atoms with Gasteiger partial charge in [0.15, 0.2) is 17.5 Å². The summed E-state index contributed by atoms with van der Waals surface area (Å²) in [4.78, 5) is 20.8. The van der Waals surface area contributed by atoms with Gasteiger partial charge in [-0.2, -0.15) is 0 Å². The molecule has 0 saturated heterocycles. The molecule has 322 valence electrons. The molecule has 5 heteroatoms. The lowest BCUT2D eigenvalue weighted by molar-refractivity contribution is 0.669. The summed E-state index contributed by atoms with van der Waals surface area (Å²) in [5.74, 6) is 1.83. The van der Waals surface area contributed by atoms with Gasteiger partial charge in [-0.15, -0.1) is 0 Å². The SMILES string of the molecule is c1ccc(-c2cccc(-c3nc(-c4ccc(-c5cccc(-c6c7c(cc8c(-c9ccccc9)nc9ccccc9c68)oc6ccccc67)c5)cc4)nc(-c4cccc(-c5ccccc5)c4)n3)c2)cc1. The average Bonchev–Trinajstić information content (AvgIpc) is 3.81. The van der Waals surface area contributed by atoms with Gasteiger partial charge in [0.05, 0.1) is 11.2 Å². The minimum atomic E-state index is 0.602. The van der Waals surface area contributed by atoms with Crippen molar-refractivity contribution in [2.24, 2.45) is 0 Å². The van der Waals surface area contributed by atoms with Gasteiger partial charge in [0, 0.05) is 54.7 Å². The summed E-state index contributed by atoms with van der Waals surface area (Å²) < 4.78 is 6.68. The normalized spacial score (nSPS) is 11.5. The highest BCUT2D eigenvalue weighted by atomic mass is 16.3. The number of pyridine rings is 1. The predicted molar refractivity (Wildman–Crippen MR) is 283 cm³/mol. The van der Waals surface area contributed by atoms with Crippen LogP contribution in [-0.4, -0.2) is 19.9 Å². The zero-order valence-corrected chi connectivity index (χ0v) is 37.3. The molecule has 3 heterocycles. The van der Waals surface area contributed by atoms with Gasteiger partial charge in [-0.25, -0.2) is 19.9 Å². The van der Waals surface area contributed by atoms with Crippen molar-refractivity contribution in [1.82, 2.24) is 19.9 Å². The zero-order valence-electron chi connectivity index (χ0n) is 37.3. The fraction of sp³-hybridized carbons (Fsp3) is 0. The average molecular weight is 881 g/mol. The van der Waals surface area contributed by atoms with Crippen LogP contribution < -0.4 is 0 Å². The van der Waals surface area contributed by atoms with Gasteiger partial charge in [-0.3, -0.25) is 0 Å².